The Morgan fingerprint density at radius 3 is 2.66 bits per heavy atom. The van der Waals surface area contributed by atoms with Crippen molar-refractivity contribution < 1.29 is 13.2 Å². The lowest BCUT2D eigenvalue weighted by Crippen LogP contribution is -2.30. The number of anilines is 1. The maximum absolute atomic E-state index is 13.6. The Morgan fingerprint density at radius 1 is 1.12 bits per heavy atom. The van der Waals surface area contributed by atoms with Gasteiger partial charge in [-0.2, -0.15) is 0 Å². The van der Waals surface area contributed by atoms with Gasteiger partial charge in [0.15, 0.2) is 15.0 Å². The molecule has 0 aliphatic carbocycles. The van der Waals surface area contributed by atoms with Crippen LogP contribution < -0.4 is 4.90 Å². The average molecular weight is 486 g/mol. The number of carbonyl (C=O) groups excluding carboxylic acids is 1. The summed E-state index contributed by atoms with van der Waals surface area (Å²) in [6.07, 6.45) is 3.35. The highest BCUT2D eigenvalue weighted by molar-refractivity contribution is 7.92. The van der Waals surface area contributed by atoms with Gasteiger partial charge in [-0.15, -0.1) is 0 Å². The van der Waals surface area contributed by atoms with E-state index in [4.69, 9.17) is 11.6 Å². The number of carbonyl (C=O) groups is 1. The van der Waals surface area contributed by atoms with E-state index in [0.717, 1.165) is 15.8 Å². The van der Waals surface area contributed by atoms with Gasteiger partial charge in [0.05, 0.1) is 26.9 Å². The summed E-state index contributed by atoms with van der Waals surface area (Å²) in [4.78, 5) is 24.0. The van der Waals surface area contributed by atoms with Crippen molar-refractivity contribution >= 4 is 54.0 Å². The van der Waals surface area contributed by atoms with Gasteiger partial charge >= 0.3 is 0 Å². The van der Waals surface area contributed by atoms with Crippen LogP contribution in [0.5, 0.6) is 0 Å². The Labute approximate surface area is 195 Å². The molecule has 0 aliphatic rings. The molecule has 2 aromatic carbocycles. The van der Waals surface area contributed by atoms with Crippen molar-refractivity contribution in [1.82, 2.24) is 9.97 Å². The molecule has 0 N–H and O–H groups in total. The lowest BCUT2D eigenvalue weighted by atomic mass is 10.2. The van der Waals surface area contributed by atoms with E-state index < -0.39 is 15.1 Å². The van der Waals surface area contributed by atoms with Crippen molar-refractivity contribution in [3.05, 3.63) is 83.1 Å². The van der Waals surface area contributed by atoms with Crippen molar-refractivity contribution in [3.63, 3.8) is 0 Å². The van der Waals surface area contributed by atoms with Gasteiger partial charge in [-0.3, -0.25) is 14.7 Å². The molecule has 0 atom stereocenters. The molecule has 0 unspecified atom stereocenters. The quantitative estimate of drug-likeness (QED) is 0.366. The summed E-state index contributed by atoms with van der Waals surface area (Å²) < 4.78 is 26.1. The van der Waals surface area contributed by atoms with Crippen LogP contribution in [0.4, 0.5) is 5.13 Å². The van der Waals surface area contributed by atoms with Crippen LogP contribution in [0.3, 0.4) is 0 Å². The first-order valence-electron chi connectivity index (χ1n) is 9.86. The standard InChI is InChI=1S/C23H20ClN3O3S2/c1-15(2)32(29,30)19-7-3-6-17(11-19)22(28)27(14-16-5-4-10-25-13-16)23-26-20-9-8-18(24)12-21(20)31-23/h3-13,15H,14H2,1-2H3. The van der Waals surface area contributed by atoms with E-state index in [2.05, 4.69) is 9.97 Å². The topological polar surface area (TPSA) is 80.2 Å². The normalized spacial score (nSPS) is 11.8. The third-order valence-electron chi connectivity index (χ3n) is 4.91. The van der Waals surface area contributed by atoms with Gasteiger partial charge in [-0.1, -0.05) is 35.1 Å². The Balaban J connectivity index is 1.78. The Kier molecular flexibility index (Phi) is 6.28. The largest absolute Gasteiger partial charge is 0.279 e. The number of thiazole rings is 1. The van der Waals surface area contributed by atoms with Crippen LogP contribution in [-0.2, 0) is 16.4 Å². The van der Waals surface area contributed by atoms with Crippen molar-refractivity contribution in [2.45, 2.75) is 30.5 Å². The number of aromatic nitrogens is 2. The van der Waals surface area contributed by atoms with Crippen LogP contribution in [0.2, 0.25) is 5.02 Å². The fraction of sp³-hybridized carbons (Fsp3) is 0.174. The molecule has 4 aromatic rings. The molecule has 4 rings (SSSR count). The minimum Gasteiger partial charge on any atom is -0.279 e. The predicted octanol–water partition coefficient (Wildman–Crippen LogP) is 5.37. The van der Waals surface area contributed by atoms with Crippen molar-refractivity contribution in [2.75, 3.05) is 4.90 Å². The van der Waals surface area contributed by atoms with Crippen molar-refractivity contribution in [3.8, 4) is 0 Å². The molecule has 0 fully saturated rings. The summed E-state index contributed by atoms with van der Waals surface area (Å²) in [6.45, 7) is 3.47. The summed E-state index contributed by atoms with van der Waals surface area (Å²) in [6, 6.07) is 15.2. The number of hydrogen-bond donors (Lipinski definition) is 0. The van der Waals surface area contributed by atoms with E-state index in [1.165, 1.54) is 28.4 Å². The number of sulfone groups is 1. The minimum atomic E-state index is -3.52. The number of rotatable bonds is 6. The number of hydrogen-bond acceptors (Lipinski definition) is 6. The van der Waals surface area contributed by atoms with E-state index in [9.17, 15) is 13.2 Å². The molecule has 9 heteroatoms. The van der Waals surface area contributed by atoms with Crippen LogP contribution in [0.15, 0.2) is 71.9 Å². The molecular formula is C23H20ClN3O3S2. The van der Waals surface area contributed by atoms with Crippen LogP contribution >= 0.6 is 22.9 Å². The van der Waals surface area contributed by atoms with E-state index in [1.807, 2.05) is 6.07 Å². The van der Waals surface area contributed by atoms with Crippen LogP contribution in [0, 0.1) is 0 Å². The second kappa shape index (κ2) is 8.97. The SMILES string of the molecule is CC(C)S(=O)(=O)c1cccc(C(=O)N(Cc2cccnc2)c2nc3ccc(Cl)cc3s2)c1. The third-order valence-corrected chi connectivity index (χ3v) is 8.34. The number of halogens is 1. The molecule has 0 saturated heterocycles. The molecule has 0 radical (unpaired) electrons. The summed E-state index contributed by atoms with van der Waals surface area (Å²) in [7, 11) is -3.52. The first kappa shape index (κ1) is 22.4. The lowest BCUT2D eigenvalue weighted by molar-refractivity contribution is 0.0985. The van der Waals surface area contributed by atoms with Gasteiger partial charge in [0.25, 0.3) is 5.91 Å². The molecular weight excluding hydrogens is 466 g/mol. The zero-order chi connectivity index (χ0) is 22.9. The van der Waals surface area contributed by atoms with Gasteiger partial charge < -0.3 is 0 Å². The van der Waals surface area contributed by atoms with E-state index in [1.54, 1.807) is 62.6 Å². The highest BCUT2D eigenvalue weighted by atomic mass is 35.5. The van der Waals surface area contributed by atoms with Gasteiger partial charge in [-0.05, 0) is 61.9 Å². The molecule has 1 amide bonds. The average Bonchev–Trinajstić information content (AvgIpc) is 3.20. The molecule has 0 aliphatic heterocycles. The van der Waals surface area contributed by atoms with Gasteiger partial charge in [0, 0.05) is 23.0 Å². The Morgan fingerprint density at radius 2 is 1.94 bits per heavy atom. The number of amides is 1. The highest BCUT2D eigenvalue weighted by Gasteiger charge is 2.25. The number of fused-ring (bicyclic) bond motifs is 1. The van der Waals surface area contributed by atoms with Crippen molar-refractivity contribution in [1.29, 1.82) is 0 Å². The fourth-order valence-corrected chi connectivity index (χ4v) is 5.48. The molecule has 0 saturated carbocycles. The number of benzene rings is 2. The van der Waals surface area contributed by atoms with E-state index >= 15 is 0 Å². The molecule has 0 spiro atoms. The molecule has 164 valence electrons. The zero-order valence-corrected chi connectivity index (χ0v) is 19.8. The minimum absolute atomic E-state index is 0.121. The third kappa shape index (κ3) is 4.53. The maximum Gasteiger partial charge on any atom is 0.260 e. The monoisotopic (exact) mass is 485 g/mol. The first-order chi connectivity index (χ1) is 15.3. The zero-order valence-electron chi connectivity index (χ0n) is 17.4. The first-order valence-corrected chi connectivity index (χ1v) is 12.6. The van der Waals surface area contributed by atoms with Crippen LogP contribution in [0.25, 0.3) is 10.2 Å². The number of pyridine rings is 1. The van der Waals surface area contributed by atoms with Crippen LogP contribution in [-0.4, -0.2) is 29.5 Å². The summed E-state index contributed by atoms with van der Waals surface area (Å²) in [5.41, 5.74) is 1.83. The smallest absolute Gasteiger partial charge is 0.260 e. The Bertz CT molecular complexity index is 1390. The maximum atomic E-state index is 13.6. The highest BCUT2D eigenvalue weighted by Crippen LogP contribution is 2.32. The molecule has 6 nitrogen and oxygen atoms in total. The van der Waals surface area contributed by atoms with Gasteiger partial charge in [0.1, 0.15) is 0 Å². The second-order valence-corrected chi connectivity index (χ2v) is 11.4. The summed E-state index contributed by atoms with van der Waals surface area (Å²) >= 11 is 7.46. The fourth-order valence-electron chi connectivity index (χ4n) is 3.14. The van der Waals surface area contributed by atoms with E-state index in [0.29, 0.717) is 10.2 Å². The van der Waals surface area contributed by atoms with E-state index in [-0.39, 0.29) is 22.9 Å². The Hall–Kier alpha value is -2.81. The molecule has 2 aromatic heterocycles. The summed E-state index contributed by atoms with van der Waals surface area (Å²) in [5, 5.41) is 0.492. The van der Waals surface area contributed by atoms with Gasteiger partial charge in [-0.25, -0.2) is 13.4 Å². The van der Waals surface area contributed by atoms with Crippen molar-refractivity contribution in [2.24, 2.45) is 0 Å². The molecule has 32 heavy (non-hydrogen) atoms. The molecule has 0 bridgehead atoms. The van der Waals surface area contributed by atoms with Gasteiger partial charge in [0.2, 0.25) is 0 Å². The summed E-state index contributed by atoms with van der Waals surface area (Å²) in [5.74, 6) is -0.347. The van der Waals surface area contributed by atoms with Crippen LogP contribution in [0.1, 0.15) is 29.8 Å². The lowest BCUT2D eigenvalue weighted by Gasteiger charge is -2.20. The second-order valence-electron chi connectivity index (χ2n) is 7.48. The molecule has 2 heterocycles. The number of nitrogens with zero attached hydrogens (tertiary/aromatic N) is 3. The predicted molar refractivity (Wildman–Crippen MR) is 128 cm³/mol.